The number of nitrogens with two attached hydrogens (primary N) is 1. The molecule has 0 bridgehead atoms. The number of pyridine rings is 1. The molecule has 0 radical (unpaired) electrons. The molecule has 1 aromatic heterocycles. The summed E-state index contributed by atoms with van der Waals surface area (Å²) in [5, 5.41) is 0. The van der Waals surface area contributed by atoms with Crippen LogP contribution in [0.2, 0.25) is 0 Å². The lowest BCUT2D eigenvalue weighted by Crippen LogP contribution is -2.50. The van der Waals surface area contributed by atoms with Gasteiger partial charge in [0.2, 0.25) is 0 Å². The molecule has 0 saturated carbocycles. The fourth-order valence-corrected chi connectivity index (χ4v) is 1.94. The first-order valence-corrected chi connectivity index (χ1v) is 6.16. The molecule has 1 aliphatic rings. The van der Waals surface area contributed by atoms with Gasteiger partial charge in [0.15, 0.2) is 6.61 Å². The lowest BCUT2D eigenvalue weighted by molar-refractivity contribution is -0.134. The molecule has 5 heteroatoms. The fraction of sp³-hybridized carbons (Fsp3) is 0.538. The zero-order valence-electron chi connectivity index (χ0n) is 10.6. The molecule has 2 rings (SSSR count). The van der Waals surface area contributed by atoms with Crippen LogP contribution in [0.25, 0.3) is 0 Å². The molecule has 98 valence electrons. The topological polar surface area (TPSA) is 68.5 Å². The highest BCUT2D eigenvalue weighted by Gasteiger charge is 2.28. The fourth-order valence-electron chi connectivity index (χ4n) is 1.94. The number of piperidine rings is 1. The van der Waals surface area contributed by atoms with Crippen molar-refractivity contribution in [3.05, 3.63) is 24.5 Å². The Morgan fingerprint density at radius 1 is 1.56 bits per heavy atom. The standard InChI is InChI=1S/C13H19N3O2/c1-13(14)4-7-16(8-5-13)12(17)10-18-11-3-2-6-15-9-11/h2-3,6,9H,4-5,7-8,10,14H2,1H3. The number of hydrogen-bond acceptors (Lipinski definition) is 4. The van der Waals surface area contributed by atoms with Crippen LogP contribution in [0.3, 0.4) is 0 Å². The summed E-state index contributed by atoms with van der Waals surface area (Å²) >= 11 is 0. The largest absolute Gasteiger partial charge is 0.482 e. The van der Waals surface area contributed by atoms with Gasteiger partial charge in [-0.2, -0.15) is 0 Å². The van der Waals surface area contributed by atoms with Crippen molar-refractivity contribution in [2.45, 2.75) is 25.3 Å². The number of nitrogens with zero attached hydrogens (tertiary/aromatic N) is 2. The summed E-state index contributed by atoms with van der Waals surface area (Å²) in [7, 11) is 0. The summed E-state index contributed by atoms with van der Waals surface area (Å²) < 4.78 is 5.39. The SMILES string of the molecule is CC1(N)CCN(C(=O)COc2cccnc2)CC1. The number of rotatable bonds is 3. The lowest BCUT2D eigenvalue weighted by Gasteiger charge is -2.36. The number of aromatic nitrogens is 1. The molecule has 0 unspecified atom stereocenters. The molecule has 1 saturated heterocycles. The second-order valence-corrected chi connectivity index (χ2v) is 5.01. The van der Waals surface area contributed by atoms with E-state index in [2.05, 4.69) is 4.98 Å². The van der Waals surface area contributed by atoms with Crippen LogP contribution < -0.4 is 10.5 Å². The van der Waals surface area contributed by atoms with Gasteiger partial charge in [-0.05, 0) is 31.9 Å². The van der Waals surface area contributed by atoms with Crippen molar-refractivity contribution in [2.75, 3.05) is 19.7 Å². The Morgan fingerprint density at radius 2 is 2.28 bits per heavy atom. The van der Waals surface area contributed by atoms with Gasteiger partial charge in [0, 0.05) is 24.8 Å². The molecule has 18 heavy (non-hydrogen) atoms. The van der Waals surface area contributed by atoms with Crippen molar-refractivity contribution in [1.82, 2.24) is 9.88 Å². The Bertz CT molecular complexity index is 396. The molecule has 0 aliphatic carbocycles. The van der Waals surface area contributed by atoms with E-state index in [0.717, 1.165) is 12.8 Å². The predicted octanol–water partition coefficient (Wildman–Crippen LogP) is 0.800. The lowest BCUT2D eigenvalue weighted by atomic mass is 9.91. The normalized spacial score (nSPS) is 18.4. The quantitative estimate of drug-likeness (QED) is 0.860. The molecule has 2 N–H and O–H groups in total. The first-order valence-electron chi connectivity index (χ1n) is 6.16. The average molecular weight is 249 g/mol. The second kappa shape index (κ2) is 5.35. The van der Waals surface area contributed by atoms with Crippen molar-refractivity contribution in [2.24, 2.45) is 5.73 Å². The number of carbonyl (C=O) groups excluding carboxylic acids is 1. The first-order chi connectivity index (χ1) is 8.57. The van der Waals surface area contributed by atoms with Crippen LogP contribution in [-0.4, -0.2) is 41.0 Å². The van der Waals surface area contributed by atoms with Gasteiger partial charge in [-0.1, -0.05) is 0 Å². The maximum atomic E-state index is 11.9. The molecular formula is C13H19N3O2. The van der Waals surface area contributed by atoms with Gasteiger partial charge in [-0.25, -0.2) is 0 Å². The van der Waals surface area contributed by atoms with E-state index in [0.29, 0.717) is 18.8 Å². The summed E-state index contributed by atoms with van der Waals surface area (Å²) in [6.45, 7) is 3.51. The van der Waals surface area contributed by atoms with Gasteiger partial charge in [-0.15, -0.1) is 0 Å². The highest BCUT2D eigenvalue weighted by atomic mass is 16.5. The number of likely N-dealkylation sites (tertiary alicyclic amines) is 1. The van der Waals surface area contributed by atoms with Crippen molar-refractivity contribution >= 4 is 5.91 Å². The molecule has 1 aromatic rings. The van der Waals surface area contributed by atoms with Crippen LogP contribution in [0.4, 0.5) is 0 Å². The number of amides is 1. The van der Waals surface area contributed by atoms with Crippen LogP contribution in [-0.2, 0) is 4.79 Å². The third-order valence-electron chi connectivity index (χ3n) is 3.26. The van der Waals surface area contributed by atoms with Gasteiger partial charge in [0.05, 0.1) is 6.20 Å². The van der Waals surface area contributed by atoms with E-state index in [-0.39, 0.29) is 18.1 Å². The van der Waals surface area contributed by atoms with Gasteiger partial charge >= 0.3 is 0 Å². The smallest absolute Gasteiger partial charge is 0.260 e. The third kappa shape index (κ3) is 3.43. The van der Waals surface area contributed by atoms with Crippen LogP contribution in [0.1, 0.15) is 19.8 Å². The summed E-state index contributed by atoms with van der Waals surface area (Å²) in [5.74, 6) is 0.626. The zero-order chi connectivity index (χ0) is 13.0. The van der Waals surface area contributed by atoms with Crippen molar-refractivity contribution < 1.29 is 9.53 Å². The minimum atomic E-state index is -0.138. The van der Waals surface area contributed by atoms with Gasteiger partial charge in [-0.3, -0.25) is 9.78 Å². The summed E-state index contributed by atoms with van der Waals surface area (Å²) in [5.41, 5.74) is 5.89. The van der Waals surface area contributed by atoms with E-state index in [4.69, 9.17) is 10.5 Å². The van der Waals surface area contributed by atoms with Crippen molar-refractivity contribution in [3.8, 4) is 5.75 Å². The Morgan fingerprint density at radius 3 is 2.89 bits per heavy atom. The molecule has 5 nitrogen and oxygen atoms in total. The predicted molar refractivity (Wildman–Crippen MR) is 68.1 cm³/mol. The van der Waals surface area contributed by atoms with E-state index < -0.39 is 0 Å². The van der Waals surface area contributed by atoms with E-state index >= 15 is 0 Å². The molecule has 2 heterocycles. The first kappa shape index (κ1) is 12.8. The van der Waals surface area contributed by atoms with Crippen LogP contribution in [0, 0.1) is 0 Å². The maximum absolute atomic E-state index is 11.9. The molecule has 1 amide bonds. The van der Waals surface area contributed by atoms with Gasteiger partial charge in [0.25, 0.3) is 5.91 Å². The van der Waals surface area contributed by atoms with E-state index in [1.54, 1.807) is 24.5 Å². The van der Waals surface area contributed by atoms with E-state index in [1.807, 2.05) is 11.8 Å². The van der Waals surface area contributed by atoms with E-state index in [9.17, 15) is 4.79 Å². The van der Waals surface area contributed by atoms with Gasteiger partial charge in [0.1, 0.15) is 5.75 Å². The Labute approximate surface area is 107 Å². The molecule has 0 aromatic carbocycles. The molecule has 0 atom stereocenters. The highest BCUT2D eigenvalue weighted by Crippen LogP contribution is 2.18. The molecule has 1 aliphatic heterocycles. The average Bonchev–Trinajstić information content (AvgIpc) is 2.37. The van der Waals surface area contributed by atoms with Crippen LogP contribution in [0.5, 0.6) is 5.75 Å². The monoisotopic (exact) mass is 249 g/mol. The molecule has 1 fully saturated rings. The molecule has 0 spiro atoms. The highest BCUT2D eigenvalue weighted by molar-refractivity contribution is 5.77. The number of hydrogen-bond donors (Lipinski definition) is 1. The third-order valence-corrected chi connectivity index (χ3v) is 3.26. The summed E-state index contributed by atoms with van der Waals surface area (Å²) in [6, 6.07) is 3.56. The minimum Gasteiger partial charge on any atom is -0.482 e. The maximum Gasteiger partial charge on any atom is 0.260 e. The molecular weight excluding hydrogens is 230 g/mol. The van der Waals surface area contributed by atoms with Crippen molar-refractivity contribution in [1.29, 1.82) is 0 Å². The van der Waals surface area contributed by atoms with Gasteiger partial charge < -0.3 is 15.4 Å². The Kier molecular flexibility index (Phi) is 3.81. The van der Waals surface area contributed by atoms with Crippen LogP contribution >= 0.6 is 0 Å². The second-order valence-electron chi connectivity index (χ2n) is 5.01. The number of carbonyl (C=O) groups is 1. The summed E-state index contributed by atoms with van der Waals surface area (Å²) in [6.07, 6.45) is 4.94. The van der Waals surface area contributed by atoms with Crippen LogP contribution in [0.15, 0.2) is 24.5 Å². The summed E-state index contributed by atoms with van der Waals surface area (Å²) in [4.78, 5) is 17.7. The zero-order valence-corrected chi connectivity index (χ0v) is 10.6. The van der Waals surface area contributed by atoms with Crippen molar-refractivity contribution in [3.63, 3.8) is 0 Å². The Hall–Kier alpha value is -1.62. The Balaban J connectivity index is 1.79. The van der Waals surface area contributed by atoms with E-state index in [1.165, 1.54) is 0 Å². The number of ether oxygens (including phenoxy) is 1. The minimum absolute atomic E-state index is 0.00866.